The molecule has 0 radical (unpaired) electrons. The van der Waals surface area contributed by atoms with Gasteiger partial charge >= 0.3 is 0 Å². The number of halogens is 1. The van der Waals surface area contributed by atoms with E-state index in [2.05, 4.69) is 29.6 Å². The first kappa shape index (κ1) is 12.4. The van der Waals surface area contributed by atoms with E-state index in [0.717, 1.165) is 18.7 Å². The highest BCUT2D eigenvalue weighted by atomic mass is 35.5. The highest BCUT2D eigenvalue weighted by Gasteiger charge is 2.18. The van der Waals surface area contributed by atoms with Crippen LogP contribution in [0.15, 0.2) is 48.5 Å². The summed E-state index contributed by atoms with van der Waals surface area (Å²) in [4.78, 5) is 0. The van der Waals surface area contributed by atoms with Crippen molar-refractivity contribution in [2.75, 3.05) is 18.5 Å². The van der Waals surface area contributed by atoms with Crippen molar-refractivity contribution >= 4 is 17.3 Å². The topological polar surface area (TPSA) is 21.3 Å². The third-order valence-corrected chi connectivity index (χ3v) is 3.62. The van der Waals surface area contributed by atoms with Crippen molar-refractivity contribution in [3.63, 3.8) is 0 Å². The molecule has 0 fully saturated rings. The molecule has 0 saturated heterocycles. The van der Waals surface area contributed by atoms with Crippen LogP contribution in [-0.2, 0) is 6.42 Å². The second kappa shape index (κ2) is 5.54. The summed E-state index contributed by atoms with van der Waals surface area (Å²) in [7, 11) is 0. The van der Waals surface area contributed by atoms with Gasteiger partial charge in [0.1, 0.15) is 5.75 Å². The van der Waals surface area contributed by atoms with E-state index in [4.69, 9.17) is 16.3 Å². The van der Waals surface area contributed by atoms with Gasteiger partial charge in [-0.1, -0.05) is 35.9 Å². The van der Waals surface area contributed by atoms with Gasteiger partial charge in [-0.2, -0.15) is 0 Å². The molecule has 1 unspecified atom stereocenters. The number of nitrogens with one attached hydrogen (secondary N) is 1. The zero-order chi connectivity index (χ0) is 13.1. The van der Waals surface area contributed by atoms with Gasteiger partial charge in [-0.05, 0) is 36.2 Å². The van der Waals surface area contributed by atoms with Gasteiger partial charge in [-0.25, -0.2) is 0 Å². The lowest BCUT2D eigenvalue weighted by Crippen LogP contribution is -2.27. The Hall–Kier alpha value is -1.67. The molecule has 0 bridgehead atoms. The molecule has 1 aliphatic heterocycles. The molecule has 2 aromatic carbocycles. The maximum absolute atomic E-state index is 5.94. The molecule has 0 amide bonds. The van der Waals surface area contributed by atoms with Gasteiger partial charge in [0.2, 0.25) is 0 Å². The van der Waals surface area contributed by atoms with Crippen molar-refractivity contribution in [2.45, 2.75) is 6.42 Å². The number of anilines is 1. The monoisotopic (exact) mass is 273 g/mol. The maximum Gasteiger partial charge on any atom is 0.120 e. The van der Waals surface area contributed by atoms with Crippen LogP contribution in [0, 0.1) is 5.92 Å². The van der Waals surface area contributed by atoms with Gasteiger partial charge in [-0.3, -0.25) is 0 Å². The Balaban J connectivity index is 1.61. The van der Waals surface area contributed by atoms with E-state index in [1.165, 1.54) is 11.3 Å². The highest BCUT2D eigenvalue weighted by molar-refractivity contribution is 6.30. The smallest absolute Gasteiger partial charge is 0.120 e. The van der Waals surface area contributed by atoms with Crippen LogP contribution in [-0.4, -0.2) is 13.2 Å². The number of fused-ring (bicyclic) bond motifs is 1. The largest absolute Gasteiger partial charge is 0.493 e. The first-order valence-electron chi connectivity index (χ1n) is 6.51. The van der Waals surface area contributed by atoms with Crippen molar-refractivity contribution in [1.29, 1.82) is 0 Å². The molecule has 19 heavy (non-hydrogen) atoms. The number of rotatable bonds is 3. The van der Waals surface area contributed by atoms with Gasteiger partial charge in [0.25, 0.3) is 0 Å². The molecule has 1 heterocycles. The van der Waals surface area contributed by atoms with Crippen LogP contribution >= 0.6 is 11.6 Å². The standard InChI is InChI=1S/C16H16ClNO/c17-14-5-3-6-15(9-14)19-11-12-8-13-4-1-2-7-16(13)18-10-12/h1-7,9,12,18H,8,10-11H2. The molecule has 0 aromatic heterocycles. The summed E-state index contributed by atoms with van der Waals surface area (Å²) in [5.41, 5.74) is 2.62. The van der Waals surface area contributed by atoms with E-state index in [1.54, 1.807) is 0 Å². The molecule has 0 aliphatic carbocycles. The van der Waals surface area contributed by atoms with Gasteiger partial charge in [-0.15, -0.1) is 0 Å². The molecule has 1 atom stereocenters. The predicted molar refractivity (Wildman–Crippen MR) is 79.1 cm³/mol. The Kier molecular flexibility index (Phi) is 3.60. The average Bonchev–Trinajstić information content (AvgIpc) is 2.45. The number of hydrogen-bond acceptors (Lipinski definition) is 2. The Morgan fingerprint density at radius 1 is 1.16 bits per heavy atom. The normalized spacial score (nSPS) is 17.4. The second-order valence-corrected chi connectivity index (χ2v) is 5.31. The second-order valence-electron chi connectivity index (χ2n) is 4.88. The first-order chi connectivity index (χ1) is 9.31. The van der Waals surface area contributed by atoms with Crippen molar-refractivity contribution in [3.05, 3.63) is 59.1 Å². The molecule has 98 valence electrons. The minimum atomic E-state index is 0.494. The molecule has 3 rings (SSSR count). The van der Waals surface area contributed by atoms with Gasteiger partial charge in [0.05, 0.1) is 6.61 Å². The minimum Gasteiger partial charge on any atom is -0.493 e. The SMILES string of the molecule is Clc1cccc(OCC2CNc3ccccc3C2)c1. The lowest BCUT2D eigenvalue weighted by molar-refractivity contribution is 0.252. The molecule has 0 saturated carbocycles. The summed E-state index contributed by atoms with van der Waals surface area (Å²) in [6.45, 7) is 1.67. The summed E-state index contributed by atoms with van der Waals surface area (Å²) >= 11 is 5.94. The summed E-state index contributed by atoms with van der Waals surface area (Å²) in [5.74, 6) is 1.33. The number of ether oxygens (including phenoxy) is 1. The van der Waals surface area contributed by atoms with Crippen LogP contribution in [0.1, 0.15) is 5.56 Å². The van der Waals surface area contributed by atoms with E-state index in [0.29, 0.717) is 17.5 Å². The molecule has 3 heteroatoms. The van der Waals surface area contributed by atoms with Crippen LogP contribution < -0.4 is 10.1 Å². The van der Waals surface area contributed by atoms with Gasteiger partial charge in [0, 0.05) is 23.2 Å². The third kappa shape index (κ3) is 3.02. The molecular weight excluding hydrogens is 258 g/mol. The third-order valence-electron chi connectivity index (χ3n) is 3.39. The first-order valence-corrected chi connectivity index (χ1v) is 6.89. The van der Waals surface area contributed by atoms with E-state index in [9.17, 15) is 0 Å². The highest BCUT2D eigenvalue weighted by Crippen LogP contribution is 2.25. The van der Waals surface area contributed by atoms with Gasteiger partial charge in [0.15, 0.2) is 0 Å². The number of para-hydroxylation sites is 1. The molecule has 2 nitrogen and oxygen atoms in total. The molecule has 1 N–H and O–H groups in total. The van der Waals surface area contributed by atoms with Crippen LogP contribution in [0.25, 0.3) is 0 Å². The zero-order valence-corrected chi connectivity index (χ0v) is 11.4. The number of hydrogen-bond donors (Lipinski definition) is 1. The Morgan fingerprint density at radius 3 is 2.95 bits per heavy atom. The predicted octanol–water partition coefficient (Wildman–Crippen LogP) is 4.00. The minimum absolute atomic E-state index is 0.494. The fraction of sp³-hybridized carbons (Fsp3) is 0.250. The zero-order valence-electron chi connectivity index (χ0n) is 10.6. The van der Waals surface area contributed by atoms with E-state index >= 15 is 0 Å². The van der Waals surface area contributed by atoms with Crippen LogP contribution in [0.3, 0.4) is 0 Å². The fourth-order valence-electron chi connectivity index (χ4n) is 2.40. The average molecular weight is 274 g/mol. The van der Waals surface area contributed by atoms with E-state index in [-0.39, 0.29) is 0 Å². The van der Waals surface area contributed by atoms with Crippen LogP contribution in [0.5, 0.6) is 5.75 Å². The maximum atomic E-state index is 5.94. The summed E-state index contributed by atoms with van der Waals surface area (Å²) in [6, 6.07) is 16.0. The lowest BCUT2D eigenvalue weighted by Gasteiger charge is -2.26. The molecule has 0 spiro atoms. The van der Waals surface area contributed by atoms with Gasteiger partial charge < -0.3 is 10.1 Å². The quantitative estimate of drug-likeness (QED) is 0.913. The molecule has 2 aromatic rings. The van der Waals surface area contributed by atoms with Crippen molar-refractivity contribution in [1.82, 2.24) is 0 Å². The van der Waals surface area contributed by atoms with E-state index < -0.39 is 0 Å². The van der Waals surface area contributed by atoms with Crippen molar-refractivity contribution < 1.29 is 4.74 Å². The summed E-state index contributed by atoms with van der Waals surface area (Å²) in [5, 5.41) is 4.17. The molecular formula is C16H16ClNO. The van der Waals surface area contributed by atoms with Crippen LogP contribution in [0.2, 0.25) is 5.02 Å². The Morgan fingerprint density at radius 2 is 2.05 bits per heavy atom. The summed E-state index contributed by atoms with van der Waals surface area (Å²) in [6.07, 6.45) is 1.06. The number of benzene rings is 2. The Labute approximate surface area is 118 Å². The summed E-state index contributed by atoms with van der Waals surface area (Å²) < 4.78 is 5.82. The van der Waals surface area contributed by atoms with Crippen molar-refractivity contribution in [2.24, 2.45) is 5.92 Å². The molecule has 1 aliphatic rings. The fourth-order valence-corrected chi connectivity index (χ4v) is 2.58. The van der Waals surface area contributed by atoms with E-state index in [1.807, 2.05) is 24.3 Å². The lowest BCUT2D eigenvalue weighted by atomic mass is 9.95. The van der Waals surface area contributed by atoms with Crippen molar-refractivity contribution in [3.8, 4) is 5.75 Å². The van der Waals surface area contributed by atoms with Crippen LogP contribution in [0.4, 0.5) is 5.69 Å². The Bertz CT molecular complexity index is 570.